The maximum atomic E-state index is 12.5. The predicted octanol–water partition coefficient (Wildman–Crippen LogP) is 2.70. The van der Waals surface area contributed by atoms with Gasteiger partial charge in [-0.3, -0.25) is 4.79 Å². The summed E-state index contributed by atoms with van der Waals surface area (Å²) in [5.41, 5.74) is 0. The van der Waals surface area contributed by atoms with Gasteiger partial charge in [0, 0.05) is 25.0 Å². The van der Waals surface area contributed by atoms with Crippen LogP contribution in [-0.2, 0) is 4.79 Å². The first-order valence-corrected chi connectivity index (χ1v) is 8.37. The van der Waals surface area contributed by atoms with Crippen LogP contribution in [0, 0.1) is 5.92 Å². The molecule has 3 atom stereocenters. The molecule has 3 fully saturated rings. The molecule has 1 saturated carbocycles. The number of likely N-dealkylation sites (tertiary alicyclic amines) is 1. The molecule has 108 valence electrons. The number of carbonyl (C=O) groups is 1. The van der Waals surface area contributed by atoms with Gasteiger partial charge in [-0.15, -0.1) is 0 Å². The van der Waals surface area contributed by atoms with Crippen LogP contribution in [0.15, 0.2) is 0 Å². The Labute approximate surface area is 117 Å². The van der Waals surface area contributed by atoms with Gasteiger partial charge in [-0.05, 0) is 57.4 Å². The van der Waals surface area contributed by atoms with Crippen molar-refractivity contribution >= 4 is 5.91 Å². The molecule has 0 aromatic heterocycles. The lowest BCUT2D eigenvalue weighted by atomic mass is 9.91. The minimum atomic E-state index is 0.434. The molecule has 0 aromatic carbocycles. The van der Waals surface area contributed by atoms with Gasteiger partial charge in [0.15, 0.2) is 0 Å². The maximum Gasteiger partial charge on any atom is 0.222 e. The Kier molecular flexibility index (Phi) is 4.42. The van der Waals surface area contributed by atoms with Crippen molar-refractivity contribution in [3.63, 3.8) is 0 Å². The summed E-state index contributed by atoms with van der Waals surface area (Å²) in [7, 11) is 0. The van der Waals surface area contributed by atoms with E-state index in [0.29, 0.717) is 18.0 Å². The number of carbonyl (C=O) groups excluding carboxylic acids is 1. The molecule has 3 aliphatic rings. The first-order valence-electron chi connectivity index (χ1n) is 8.37. The molecule has 2 aliphatic heterocycles. The summed E-state index contributed by atoms with van der Waals surface area (Å²) in [4.78, 5) is 14.7. The monoisotopic (exact) mass is 264 g/mol. The lowest BCUT2D eigenvalue weighted by molar-refractivity contribution is -0.136. The highest BCUT2D eigenvalue weighted by Crippen LogP contribution is 2.37. The van der Waals surface area contributed by atoms with Crippen molar-refractivity contribution in [2.75, 3.05) is 13.1 Å². The van der Waals surface area contributed by atoms with Crippen LogP contribution in [0.4, 0.5) is 0 Å². The zero-order valence-electron chi connectivity index (χ0n) is 12.1. The van der Waals surface area contributed by atoms with Crippen LogP contribution in [0.25, 0.3) is 0 Å². The molecule has 0 bridgehead atoms. The van der Waals surface area contributed by atoms with E-state index in [9.17, 15) is 4.79 Å². The number of hydrogen-bond acceptors (Lipinski definition) is 2. The Morgan fingerprint density at radius 3 is 2.79 bits per heavy atom. The van der Waals surface area contributed by atoms with Crippen molar-refractivity contribution in [2.45, 2.75) is 76.3 Å². The molecule has 1 N–H and O–H groups in total. The average Bonchev–Trinajstić information content (AvgIpc) is 2.94. The van der Waals surface area contributed by atoms with Crippen molar-refractivity contribution in [3.05, 3.63) is 0 Å². The van der Waals surface area contributed by atoms with E-state index in [1.165, 1.54) is 51.4 Å². The second-order valence-corrected chi connectivity index (χ2v) is 6.67. The number of fused-ring (bicyclic) bond motifs is 1. The number of piperidine rings is 2. The maximum absolute atomic E-state index is 12.5. The molecule has 0 radical (unpaired) electrons. The fourth-order valence-corrected chi connectivity index (χ4v) is 4.38. The SMILES string of the molecule is O=C(CCC1CCCCN1)N1CCCC2CCCC21. The summed E-state index contributed by atoms with van der Waals surface area (Å²) < 4.78 is 0. The second kappa shape index (κ2) is 6.25. The van der Waals surface area contributed by atoms with Crippen LogP contribution in [0.1, 0.15) is 64.2 Å². The number of rotatable bonds is 3. The molecule has 19 heavy (non-hydrogen) atoms. The highest BCUT2D eigenvalue weighted by molar-refractivity contribution is 5.76. The minimum absolute atomic E-state index is 0.434. The Balaban J connectivity index is 1.48. The highest BCUT2D eigenvalue weighted by atomic mass is 16.2. The van der Waals surface area contributed by atoms with Crippen molar-refractivity contribution < 1.29 is 4.79 Å². The van der Waals surface area contributed by atoms with Gasteiger partial charge in [0.25, 0.3) is 0 Å². The second-order valence-electron chi connectivity index (χ2n) is 6.67. The van der Waals surface area contributed by atoms with Gasteiger partial charge < -0.3 is 10.2 Å². The molecular formula is C16H28N2O. The molecule has 1 aliphatic carbocycles. The zero-order chi connectivity index (χ0) is 13.1. The molecule has 1 amide bonds. The van der Waals surface area contributed by atoms with E-state index in [4.69, 9.17) is 0 Å². The van der Waals surface area contributed by atoms with E-state index in [-0.39, 0.29) is 0 Å². The van der Waals surface area contributed by atoms with Crippen molar-refractivity contribution in [2.24, 2.45) is 5.92 Å². The third-order valence-electron chi connectivity index (χ3n) is 5.43. The summed E-state index contributed by atoms with van der Waals surface area (Å²) in [5.74, 6) is 1.26. The summed E-state index contributed by atoms with van der Waals surface area (Å²) in [6.07, 6.45) is 12.3. The van der Waals surface area contributed by atoms with E-state index in [1.54, 1.807) is 0 Å². The van der Waals surface area contributed by atoms with Gasteiger partial charge in [0.2, 0.25) is 5.91 Å². The van der Waals surface area contributed by atoms with Crippen LogP contribution < -0.4 is 5.32 Å². The third kappa shape index (κ3) is 3.13. The van der Waals surface area contributed by atoms with Crippen LogP contribution >= 0.6 is 0 Å². The largest absolute Gasteiger partial charge is 0.339 e. The normalized spacial score (nSPS) is 35.2. The van der Waals surface area contributed by atoms with E-state index < -0.39 is 0 Å². The highest BCUT2D eigenvalue weighted by Gasteiger charge is 2.37. The number of hydrogen-bond donors (Lipinski definition) is 1. The van der Waals surface area contributed by atoms with Crippen molar-refractivity contribution in [3.8, 4) is 0 Å². The average molecular weight is 264 g/mol. The Bertz CT molecular complexity index is 312. The molecule has 3 unspecified atom stereocenters. The van der Waals surface area contributed by atoms with E-state index >= 15 is 0 Å². The Morgan fingerprint density at radius 2 is 1.95 bits per heavy atom. The van der Waals surface area contributed by atoms with Gasteiger partial charge in [0.1, 0.15) is 0 Å². The molecule has 2 saturated heterocycles. The predicted molar refractivity (Wildman–Crippen MR) is 77.0 cm³/mol. The van der Waals surface area contributed by atoms with E-state index in [0.717, 1.165) is 31.8 Å². The van der Waals surface area contributed by atoms with E-state index in [1.807, 2.05) is 0 Å². The van der Waals surface area contributed by atoms with Crippen LogP contribution in [0.5, 0.6) is 0 Å². The lowest BCUT2D eigenvalue weighted by Gasteiger charge is -2.38. The molecule has 3 heteroatoms. The standard InChI is InChI=1S/C16H28N2O/c19-16(10-9-14-7-1-2-11-17-14)18-12-4-6-13-5-3-8-15(13)18/h13-15,17H,1-12H2. The molecule has 0 spiro atoms. The third-order valence-corrected chi connectivity index (χ3v) is 5.43. The summed E-state index contributed by atoms with van der Waals surface area (Å²) in [6.45, 7) is 2.17. The summed E-state index contributed by atoms with van der Waals surface area (Å²) in [5, 5.41) is 3.55. The zero-order valence-corrected chi connectivity index (χ0v) is 12.1. The lowest BCUT2D eigenvalue weighted by Crippen LogP contribution is -2.46. The fourth-order valence-electron chi connectivity index (χ4n) is 4.38. The van der Waals surface area contributed by atoms with Gasteiger partial charge in [0.05, 0.1) is 0 Å². The van der Waals surface area contributed by atoms with Crippen LogP contribution in [0.2, 0.25) is 0 Å². The van der Waals surface area contributed by atoms with Crippen molar-refractivity contribution in [1.82, 2.24) is 10.2 Å². The topological polar surface area (TPSA) is 32.3 Å². The number of nitrogens with one attached hydrogen (secondary N) is 1. The number of amides is 1. The van der Waals surface area contributed by atoms with Crippen molar-refractivity contribution in [1.29, 1.82) is 0 Å². The van der Waals surface area contributed by atoms with Crippen LogP contribution in [0.3, 0.4) is 0 Å². The summed E-state index contributed by atoms with van der Waals surface area (Å²) >= 11 is 0. The van der Waals surface area contributed by atoms with Gasteiger partial charge in [-0.25, -0.2) is 0 Å². The fraction of sp³-hybridized carbons (Fsp3) is 0.938. The molecule has 3 rings (SSSR count). The minimum Gasteiger partial charge on any atom is -0.339 e. The first kappa shape index (κ1) is 13.4. The Hall–Kier alpha value is -0.570. The van der Waals surface area contributed by atoms with Gasteiger partial charge in [-0.1, -0.05) is 12.8 Å². The summed E-state index contributed by atoms with van der Waals surface area (Å²) in [6, 6.07) is 1.20. The molecule has 3 nitrogen and oxygen atoms in total. The molecule has 0 aromatic rings. The number of nitrogens with zero attached hydrogens (tertiary/aromatic N) is 1. The quantitative estimate of drug-likeness (QED) is 0.850. The van der Waals surface area contributed by atoms with Gasteiger partial charge in [-0.2, -0.15) is 0 Å². The smallest absolute Gasteiger partial charge is 0.222 e. The van der Waals surface area contributed by atoms with E-state index in [2.05, 4.69) is 10.2 Å². The Morgan fingerprint density at radius 1 is 1.05 bits per heavy atom. The molecule has 2 heterocycles. The van der Waals surface area contributed by atoms with Crippen LogP contribution in [-0.4, -0.2) is 36.0 Å². The molecular weight excluding hydrogens is 236 g/mol. The van der Waals surface area contributed by atoms with Gasteiger partial charge >= 0.3 is 0 Å². The first-order chi connectivity index (χ1) is 9.34.